The molecule has 0 aromatic heterocycles. The van der Waals surface area contributed by atoms with Gasteiger partial charge in [0, 0.05) is 12.2 Å². The molecule has 1 unspecified atom stereocenters. The molecule has 2 aromatic carbocycles. The molecule has 0 radical (unpaired) electrons. The lowest BCUT2D eigenvalue weighted by Crippen LogP contribution is -2.41. The first kappa shape index (κ1) is 25.3. The Kier molecular flexibility index (Phi) is 9.82. The number of nitrogens with one attached hydrogen (secondary N) is 1. The highest BCUT2D eigenvalue weighted by Gasteiger charge is 2.23. The number of carbonyl (C=O) groups excluding carboxylic acids is 1. The van der Waals surface area contributed by atoms with Gasteiger partial charge >= 0.3 is 5.97 Å². The van der Waals surface area contributed by atoms with E-state index in [0.29, 0.717) is 30.3 Å². The molecule has 6 heteroatoms. The Morgan fingerprint density at radius 3 is 2.58 bits per heavy atom. The van der Waals surface area contributed by atoms with E-state index in [4.69, 9.17) is 4.74 Å². The van der Waals surface area contributed by atoms with Gasteiger partial charge in [0.1, 0.15) is 6.04 Å². The topological polar surface area (TPSA) is 75.6 Å². The van der Waals surface area contributed by atoms with Gasteiger partial charge in [-0.3, -0.25) is 4.79 Å². The summed E-state index contributed by atoms with van der Waals surface area (Å²) in [6.45, 7) is 3.29. The summed E-state index contributed by atoms with van der Waals surface area (Å²) in [5.41, 5.74) is 4.32. The van der Waals surface area contributed by atoms with Crippen molar-refractivity contribution in [3.05, 3.63) is 59.2 Å². The molecule has 1 saturated carbocycles. The van der Waals surface area contributed by atoms with Crippen LogP contribution in [0.2, 0.25) is 0 Å². The molecule has 0 bridgehead atoms. The van der Waals surface area contributed by atoms with E-state index in [1.165, 1.54) is 32.1 Å². The van der Waals surface area contributed by atoms with Gasteiger partial charge in [0.15, 0.2) is 0 Å². The summed E-state index contributed by atoms with van der Waals surface area (Å²) in [6, 6.07) is 12.7. The summed E-state index contributed by atoms with van der Waals surface area (Å²) in [5.74, 6) is -0.0630. The van der Waals surface area contributed by atoms with Gasteiger partial charge in [-0.05, 0) is 78.5 Å². The maximum absolute atomic E-state index is 13.1. The molecule has 1 amide bonds. The average molecular weight is 470 g/mol. The lowest BCUT2D eigenvalue weighted by molar-refractivity contribution is -0.139. The fourth-order valence-electron chi connectivity index (χ4n) is 4.40. The van der Waals surface area contributed by atoms with Crippen LogP contribution in [0.4, 0.5) is 0 Å². The molecule has 1 atom stereocenters. The molecule has 5 nitrogen and oxygen atoms in total. The minimum Gasteiger partial charge on any atom is -0.480 e. The minimum absolute atomic E-state index is 0.364. The van der Waals surface area contributed by atoms with Crippen LogP contribution in [0.5, 0.6) is 0 Å². The van der Waals surface area contributed by atoms with Gasteiger partial charge in [0.2, 0.25) is 0 Å². The Morgan fingerprint density at radius 1 is 1.12 bits per heavy atom. The summed E-state index contributed by atoms with van der Waals surface area (Å²) in [5, 5.41) is 12.3. The van der Waals surface area contributed by atoms with Crippen LogP contribution in [0.25, 0.3) is 11.1 Å². The molecule has 1 fully saturated rings. The van der Waals surface area contributed by atoms with Crippen molar-refractivity contribution in [2.45, 2.75) is 58.1 Å². The second-order valence-corrected chi connectivity index (χ2v) is 9.85. The molecule has 2 N–H and O–H groups in total. The standard InChI is InChI=1S/C27H35NO4S/c1-19-8-6-7-11-22(19)24-16-21(18-32-17-20-9-4-3-5-10-20)12-13-23(24)26(29)28-25(27(30)31)14-15-33-2/h6-8,11-13,16,20,25H,3-5,9-10,14-15,17-18H2,1-2H3,(H,28,29)(H,30,31). The van der Waals surface area contributed by atoms with Crippen molar-refractivity contribution in [3.8, 4) is 11.1 Å². The van der Waals surface area contributed by atoms with Crippen molar-refractivity contribution in [3.63, 3.8) is 0 Å². The van der Waals surface area contributed by atoms with Crippen molar-refractivity contribution in [2.24, 2.45) is 5.92 Å². The van der Waals surface area contributed by atoms with Crippen LogP contribution in [0.3, 0.4) is 0 Å². The van der Waals surface area contributed by atoms with Gasteiger partial charge in [-0.2, -0.15) is 11.8 Å². The Balaban J connectivity index is 1.80. The number of rotatable bonds is 11. The molecule has 178 valence electrons. The van der Waals surface area contributed by atoms with Crippen LogP contribution in [-0.4, -0.2) is 41.6 Å². The predicted octanol–water partition coefficient (Wildman–Crippen LogP) is 5.70. The van der Waals surface area contributed by atoms with E-state index in [9.17, 15) is 14.7 Å². The number of ether oxygens (including phenoxy) is 1. The van der Waals surface area contributed by atoms with Crippen LogP contribution in [0, 0.1) is 12.8 Å². The minimum atomic E-state index is -1.01. The molecule has 0 aliphatic heterocycles. The first-order valence-corrected chi connectivity index (χ1v) is 13.2. The number of aliphatic carboxylic acids is 1. The Hall–Kier alpha value is -2.31. The molecule has 0 saturated heterocycles. The molecule has 1 aliphatic rings. The highest BCUT2D eigenvalue weighted by atomic mass is 32.2. The number of carboxylic acid groups (broad SMARTS) is 1. The number of carboxylic acids is 1. The molecule has 3 rings (SSSR count). The average Bonchev–Trinajstić information content (AvgIpc) is 2.82. The van der Waals surface area contributed by atoms with Crippen molar-refractivity contribution in [1.82, 2.24) is 5.32 Å². The first-order chi connectivity index (χ1) is 16.0. The molecule has 0 spiro atoms. The second kappa shape index (κ2) is 12.8. The molecular weight excluding hydrogens is 434 g/mol. The maximum Gasteiger partial charge on any atom is 0.326 e. The zero-order chi connectivity index (χ0) is 23.6. The van der Waals surface area contributed by atoms with Gasteiger partial charge in [-0.1, -0.05) is 49.6 Å². The van der Waals surface area contributed by atoms with Gasteiger partial charge in [0.05, 0.1) is 6.61 Å². The zero-order valence-electron chi connectivity index (χ0n) is 19.6. The maximum atomic E-state index is 13.1. The molecule has 33 heavy (non-hydrogen) atoms. The van der Waals surface area contributed by atoms with E-state index >= 15 is 0 Å². The number of hydrogen-bond donors (Lipinski definition) is 2. The van der Waals surface area contributed by atoms with E-state index in [1.807, 2.05) is 49.6 Å². The summed E-state index contributed by atoms with van der Waals surface area (Å²) >= 11 is 1.56. The fourth-order valence-corrected chi connectivity index (χ4v) is 4.87. The highest BCUT2D eigenvalue weighted by molar-refractivity contribution is 7.98. The predicted molar refractivity (Wildman–Crippen MR) is 135 cm³/mol. The van der Waals surface area contributed by atoms with Crippen molar-refractivity contribution >= 4 is 23.6 Å². The van der Waals surface area contributed by atoms with Gasteiger partial charge in [-0.25, -0.2) is 4.79 Å². The van der Waals surface area contributed by atoms with E-state index in [1.54, 1.807) is 17.8 Å². The number of hydrogen-bond acceptors (Lipinski definition) is 4. The first-order valence-electron chi connectivity index (χ1n) is 11.8. The Morgan fingerprint density at radius 2 is 1.88 bits per heavy atom. The van der Waals surface area contributed by atoms with Crippen LogP contribution in [-0.2, 0) is 16.1 Å². The lowest BCUT2D eigenvalue weighted by atomic mass is 9.90. The quantitative estimate of drug-likeness (QED) is 0.442. The molecule has 0 heterocycles. The summed E-state index contributed by atoms with van der Waals surface area (Å²) in [7, 11) is 0. The van der Waals surface area contributed by atoms with E-state index in [0.717, 1.165) is 28.9 Å². The van der Waals surface area contributed by atoms with E-state index in [-0.39, 0.29) is 5.91 Å². The highest BCUT2D eigenvalue weighted by Crippen LogP contribution is 2.29. The SMILES string of the molecule is CSCCC(NC(=O)c1ccc(COCC2CCCCC2)cc1-c1ccccc1C)C(=O)O. The fraction of sp³-hybridized carbons (Fsp3) is 0.481. The smallest absolute Gasteiger partial charge is 0.326 e. The summed E-state index contributed by atoms with van der Waals surface area (Å²) < 4.78 is 6.04. The second-order valence-electron chi connectivity index (χ2n) is 8.86. The van der Waals surface area contributed by atoms with Crippen LogP contribution < -0.4 is 5.32 Å². The van der Waals surface area contributed by atoms with Gasteiger partial charge in [0.25, 0.3) is 5.91 Å². The van der Waals surface area contributed by atoms with E-state index < -0.39 is 12.0 Å². The monoisotopic (exact) mass is 469 g/mol. The molecule has 1 aliphatic carbocycles. The third-order valence-electron chi connectivity index (χ3n) is 6.32. The number of amides is 1. The normalized spacial score (nSPS) is 15.2. The molecule has 2 aromatic rings. The van der Waals surface area contributed by atoms with E-state index in [2.05, 4.69) is 5.32 Å². The third kappa shape index (κ3) is 7.34. The summed E-state index contributed by atoms with van der Waals surface area (Å²) in [6.07, 6.45) is 8.72. The van der Waals surface area contributed by atoms with Crippen LogP contribution in [0.1, 0.15) is 60.0 Å². The van der Waals surface area contributed by atoms with Crippen molar-refractivity contribution < 1.29 is 19.4 Å². The van der Waals surface area contributed by atoms with Crippen molar-refractivity contribution in [2.75, 3.05) is 18.6 Å². The summed E-state index contributed by atoms with van der Waals surface area (Å²) in [4.78, 5) is 24.8. The Labute approximate surface area is 201 Å². The number of carbonyl (C=O) groups is 2. The number of thioether (sulfide) groups is 1. The van der Waals surface area contributed by atoms with Gasteiger partial charge < -0.3 is 15.2 Å². The lowest BCUT2D eigenvalue weighted by Gasteiger charge is -2.21. The number of benzene rings is 2. The van der Waals surface area contributed by atoms with Crippen LogP contribution >= 0.6 is 11.8 Å². The largest absolute Gasteiger partial charge is 0.480 e. The van der Waals surface area contributed by atoms with Gasteiger partial charge in [-0.15, -0.1) is 0 Å². The zero-order valence-corrected chi connectivity index (χ0v) is 20.5. The number of aryl methyl sites for hydroxylation is 1. The van der Waals surface area contributed by atoms with Crippen molar-refractivity contribution in [1.29, 1.82) is 0 Å². The molecular formula is C27H35NO4S. The third-order valence-corrected chi connectivity index (χ3v) is 6.97. The van der Waals surface area contributed by atoms with Crippen LogP contribution in [0.15, 0.2) is 42.5 Å². The Bertz CT molecular complexity index is 939.